The van der Waals surface area contributed by atoms with Gasteiger partial charge in [-0.3, -0.25) is 9.88 Å². The van der Waals surface area contributed by atoms with Gasteiger partial charge in [0, 0.05) is 31.5 Å². The van der Waals surface area contributed by atoms with Crippen molar-refractivity contribution in [3.8, 4) is 0 Å². The van der Waals surface area contributed by atoms with Crippen molar-refractivity contribution in [3.05, 3.63) is 29.6 Å². The molecule has 3 rings (SSSR count). The van der Waals surface area contributed by atoms with Gasteiger partial charge in [0.25, 0.3) is 0 Å². The van der Waals surface area contributed by atoms with Crippen molar-refractivity contribution >= 4 is 0 Å². The van der Waals surface area contributed by atoms with E-state index in [4.69, 9.17) is 0 Å². The van der Waals surface area contributed by atoms with Gasteiger partial charge in [-0.25, -0.2) is 0 Å². The van der Waals surface area contributed by atoms with Gasteiger partial charge in [-0.05, 0) is 56.0 Å². The van der Waals surface area contributed by atoms with Crippen LogP contribution < -0.4 is 5.32 Å². The highest BCUT2D eigenvalue weighted by atomic mass is 15.2. The van der Waals surface area contributed by atoms with Gasteiger partial charge in [0.05, 0.1) is 0 Å². The Morgan fingerprint density at radius 1 is 1.47 bits per heavy atom. The molecule has 17 heavy (non-hydrogen) atoms. The Balaban J connectivity index is 1.64. The van der Waals surface area contributed by atoms with E-state index in [-0.39, 0.29) is 0 Å². The molecule has 92 valence electrons. The molecule has 3 nitrogen and oxygen atoms in total. The molecule has 0 spiro atoms. The SMILES string of the molecule is Cc1ccncc1CN1CCC2NCCC2C1. The predicted octanol–water partition coefficient (Wildman–Crippen LogP) is 1.57. The standard InChI is InChI=1S/C14H21N3/c1-11-2-5-15-8-13(11)10-17-7-4-14-12(9-17)3-6-16-14/h2,5,8,12,14,16H,3-4,6-7,9-10H2,1H3. The lowest BCUT2D eigenvalue weighted by Crippen LogP contribution is -2.44. The number of nitrogens with zero attached hydrogens (tertiary/aromatic N) is 2. The summed E-state index contributed by atoms with van der Waals surface area (Å²) in [6.45, 7) is 6.95. The molecule has 1 N–H and O–H groups in total. The molecule has 0 aliphatic carbocycles. The smallest absolute Gasteiger partial charge is 0.0315 e. The second-order valence-corrected chi connectivity index (χ2v) is 5.44. The van der Waals surface area contributed by atoms with Crippen LogP contribution in [0.15, 0.2) is 18.5 Å². The molecule has 1 aromatic rings. The largest absolute Gasteiger partial charge is 0.314 e. The molecular weight excluding hydrogens is 210 g/mol. The Kier molecular flexibility index (Phi) is 3.12. The average molecular weight is 231 g/mol. The Hall–Kier alpha value is -0.930. The van der Waals surface area contributed by atoms with Crippen LogP contribution in [0, 0.1) is 12.8 Å². The third-order valence-corrected chi connectivity index (χ3v) is 4.28. The number of rotatable bonds is 2. The average Bonchev–Trinajstić information content (AvgIpc) is 2.79. The number of fused-ring (bicyclic) bond motifs is 1. The summed E-state index contributed by atoms with van der Waals surface area (Å²) in [6.07, 6.45) is 6.57. The summed E-state index contributed by atoms with van der Waals surface area (Å²) in [5.41, 5.74) is 2.75. The molecule has 0 aromatic carbocycles. The van der Waals surface area contributed by atoms with E-state index in [0.717, 1.165) is 18.5 Å². The maximum Gasteiger partial charge on any atom is 0.0315 e. The summed E-state index contributed by atoms with van der Waals surface area (Å²) in [5.74, 6) is 0.876. The molecule has 2 aliphatic rings. The van der Waals surface area contributed by atoms with Crippen LogP contribution in [0.25, 0.3) is 0 Å². The second-order valence-electron chi connectivity index (χ2n) is 5.44. The Morgan fingerprint density at radius 2 is 2.41 bits per heavy atom. The number of nitrogens with one attached hydrogen (secondary N) is 1. The molecule has 3 heterocycles. The first-order chi connectivity index (χ1) is 8.33. The summed E-state index contributed by atoms with van der Waals surface area (Å²) in [6, 6.07) is 2.90. The molecule has 1 aromatic heterocycles. The lowest BCUT2D eigenvalue weighted by atomic mass is 9.93. The van der Waals surface area contributed by atoms with Crippen molar-refractivity contribution in [2.45, 2.75) is 32.4 Å². The zero-order valence-electron chi connectivity index (χ0n) is 10.5. The van der Waals surface area contributed by atoms with E-state index in [1.807, 2.05) is 12.4 Å². The van der Waals surface area contributed by atoms with E-state index in [9.17, 15) is 0 Å². The number of aromatic nitrogens is 1. The van der Waals surface area contributed by atoms with E-state index < -0.39 is 0 Å². The molecule has 2 saturated heterocycles. The van der Waals surface area contributed by atoms with Crippen LogP contribution >= 0.6 is 0 Å². The Morgan fingerprint density at radius 3 is 3.29 bits per heavy atom. The zero-order chi connectivity index (χ0) is 11.7. The number of hydrogen-bond donors (Lipinski definition) is 1. The number of piperidine rings is 1. The van der Waals surface area contributed by atoms with Gasteiger partial charge in [0.1, 0.15) is 0 Å². The Bertz CT molecular complexity index is 391. The van der Waals surface area contributed by atoms with Crippen molar-refractivity contribution in [3.63, 3.8) is 0 Å². The van der Waals surface area contributed by atoms with Crippen molar-refractivity contribution in [1.29, 1.82) is 0 Å². The van der Waals surface area contributed by atoms with E-state index >= 15 is 0 Å². The lowest BCUT2D eigenvalue weighted by Gasteiger charge is -2.35. The summed E-state index contributed by atoms with van der Waals surface area (Å²) in [5, 5.41) is 3.62. The third-order valence-electron chi connectivity index (χ3n) is 4.28. The first-order valence-electron chi connectivity index (χ1n) is 6.68. The highest BCUT2D eigenvalue weighted by Crippen LogP contribution is 2.25. The fourth-order valence-electron chi connectivity index (χ4n) is 3.17. The van der Waals surface area contributed by atoms with Gasteiger partial charge >= 0.3 is 0 Å². The van der Waals surface area contributed by atoms with Gasteiger partial charge in [0.2, 0.25) is 0 Å². The first-order valence-corrected chi connectivity index (χ1v) is 6.68. The minimum Gasteiger partial charge on any atom is -0.314 e. The Labute approximate surface area is 103 Å². The quantitative estimate of drug-likeness (QED) is 0.837. The summed E-state index contributed by atoms with van der Waals surface area (Å²) >= 11 is 0. The van der Waals surface area contributed by atoms with Crippen molar-refractivity contribution < 1.29 is 0 Å². The first kappa shape index (κ1) is 11.2. The second kappa shape index (κ2) is 4.75. The number of pyridine rings is 1. The van der Waals surface area contributed by atoms with E-state index in [0.29, 0.717) is 0 Å². The van der Waals surface area contributed by atoms with Crippen LogP contribution in [0.5, 0.6) is 0 Å². The number of likely N-dealkylation sites (tertiary alicyclic amines) is 1. The van der Waals surface area contributed by atoms with Crippen LogP contribution in [0.4, 0.5) is 0 Å². The van der Waals surface area contributed by atoms with E-state index in [2.05, 4.69) is 28.2 Å². The minimum absolute atomic E-state index is 0.793. The maximum absolute atomic E-state index is 4.24. The normalized spacial score (nSPS) is 29.2. The fraction of sp³-hybridized carbons (Fsp3) is 0.643. The number of hydrogen-bond acceptors (Lipinski definition) is 3. The topological polar surface area (TPSA) is 28.2 Å². The molecule has 0 radical (unpaired) electrons. The molecule has 0 saturated carbocycles. The molecule has 2 fully saturated rings. The third kappa shape index (κ3) is 2.35. The summed E-state index contributed by atoms with van der Waals surface area (Å²) in [4.78, 5) is 6.83. The predicted molar refractivity (Wildman–Crippen MR) is 68.8 cm³/mol. The molecule has 2 aliphatic heterocycles. The van der Waals surface area contributed by atoms with Crippen LogP contribution in [0.2, 0.25) is 0 Å². The molecule has 0 amide bonds. The van der Waals surface area contributed by atoms with Crippen LogP contribution in [-0.4, -0.2) is 35.6 Å². The molecule has 0 bridgehead atoms. The number of aryl methyl sites for hydroxylation is 1. The van der Waals surface area contributed by atoms with Gasteiger partial charge in [-0.15, -0.1) is 0 Å². The highest BCUT2D eigenvalue weighted by Gasteiger charge is 2.32. The van der Waals surface area contributed by atoms with E-state index in [1.54, 1.807) is 0 Å². The molecule has 3 heteroatoms. The fourth-order valence-corrected chi connectivity index (χ4v) is 3.17. The highest BCUT2D eigenvalue weighted by molar-refractivity contribution is 5.21. The lowest BCUT2D eigenvalue weighted by molar-refractivity contribution is 0.155. The van der Waals surface area contributed by atoms with Crippen LogP contribution in [-0.2, 0) is 6.54 Å². The maximum atomic E-state index is 4.24. The molecule has 2 unspecified atom stereocenters. The monoisotopic (exact) mass is 231 g/mol. The minimum atomic E-state index is 0.793. The van der Waals surface area contributed by atoms with Gasteiger partial charge in [0.15, 0.2) is 0 Å². The van der Waals surface area contributed by atoms with Gasteiger partial charge < -0.3 is 5.32 Å². The van der Waals surface area contributed by atoms with Crippen LogP contribution in [0.1, 0.15) is 24.0 Å². The van der Waals surface area contributed by atoms with Crippen molar-refractivity contribution in [1.82, 2.24) is 15.2 Å². The summed E-state index contributed by atoms with van der Waals surface area (Å²) in [7, 11) is 0. The van der Waals surface area contributed by atoms with Crippen LogP contribution in [0.3, 0.4) is 0 Å². The van der Waals surface area contributed by atoms with Gasteiger partial charge in [-0.1, -0.05) is 0 Å². The summed E-state index contributed by atoms with van der Waals surface area (Å²) < 4.78 is 0. The molecule has 2 atom stereocenters. The molecular formula is C14H21N3. The zero-order valence-corrected chi connectivity index (χ0v) is 10.5. The van der Waals surface area contributed by atoms with Crippen molar-refractivity contribution in [2.75, 3.05) is 19.6 Å². The van der Waals surface area contributed by atoms with Crippen molar-refractivity contribution in [2.24, 2.45) is 5.92 Å². The van der Waals surface area contributed by atoms with Gasteiger partial charge in [-0.2, -0.15) is 0 Å². The van der Waals surface area contributed by atoms with E-state index in [1.165, 1.54) is 43.6 Å².